The predicted octanol–water partition coefficient (Wildman–Crippen LogP) is 2.70. The van der Waals surface area contributed by atoms with Gasteiger partial charge in [0, 0.05) is 29.9 Å². The third kappa shape index (κ3) is 2.91. The van der Waals surface area contributed by atoms with Gasteiger partial charge in [0.15, 0.2) is 0 Å². The Labute approximate surface area is 124 Å². The number of hydrogen-bond acceptors (Lipinski definition) is 2. The van der Waals surface area contributed by atoms with Crippen LogP contribution in [0, 0.1) is 17.7 Å². The molecule has 0 saturated heterocycles. The summed E-state index contributed by atoms with van der Waals surface area (Å²) in [7, 11) is 0. The first-order valence-corrected chi connectivity index (χ1v) is 7.08. The Balaban J connectivity index is 1.80. The molecule has 2 aromatic carbocycles. The summed E-state index contributed by atoms with van der Waals surface area (Å²) in [6.07, 6.45) is 1.03. The standard InChI is InChI=1S/C18H17FN2/c19-17-12-14(4-3-10-20)7-8-16(17)13-21-11-9-15-5-1-2-6-18(15)21/h1-2,5-8,12H,9-11,13,20H2. The summed E-state index contributed by atoms with van der Waals surface area (Å²) in [5.41, 5.74) is 9.24. The molecule has 0 saturated carbocycles. The lowest BCUT2D eigenvalue weighted by atomic mass is 10.1. The Kier molecular flexibility index (Phi) is 3.89. The molecular formula is C18H17FN2. The molecule has 3 rings (SSSR count). The summed E-state index contributed by atoms with van der Waals surface area (Å²) in [6.45, 7) is 1.81. The highest BCUT2D eigenvalue weighted by atomic mass is 19.1. The molecule has 1 heterocycles. The van der Waals surface area contributed by atoms with Gasteiger partial charge in [0.1, 0.15) is 5.82 Å². The highest BCUT2D eigenvalue weighted by Gasteiger charge is 2.19. The van der Waals surface area contributed by atoms with Crippen molar-refractivity contribution in [2.24, 2.45) is 5.73 Å². The van der Waals surface area contributed by atoms with Gasteiger partial charge in [-0.05, 0) is 30.2 Å². The van der Waals surface area contributed by atoms with Gasteiger partial charge in [0.25, 0.3) is 0 Å². The molecule has 0 fully saturated rings. The van der Waals surface area contributed by atoms with Gasteiger partial charge < -0.3 is 10.6 Å². The van der Waals surface area contributed by atoms with Crippen LogP contribution in [0.3, 0.4) is 0 Å². The van der Waals surface area contributed by atoms with Gasteiger partial charge in [-0.15, -0.1) is 0 Å². The lowest BCUT2D eigenvalue weighted by Gasteiger charge is -2.19. The topological polar surface area (TPSA) is 29.3 Å². The normalized spacial score (nSPS) is 12.8. The minimum atomic E-state index is -0.205. The van der Waals surface area contributed by atoms with E-state index in [4.69, 9.17) is 5.73 Å². The fourth-order valence-corrected chi connectivity index (χ4v) is 2.68. The second kappa shape index (κ2) is 5.99. The van der Waals surface area contributed by atoms with Gasteiger partial charge in [0.05, 0.1) is 6.54 Å². The molecule has 0 bridgehead atoms. The van der Waals surface area contributed by atoms with E-state index in [-0.39, 0.29) is 12.4 Å². The van der Waals surface area contributed by atoms with E-state index in [9.17, 15) is 4.39 Å². The number of halogens is 1. The van der Waals surface area contributed by atoms with Gasteiger partial charge in [-0.1, -0.05) is 36.1 Å². The fraction of sp³-hybridized carbons (Fsp3) is 0.222. The summed E-state index contributed by atoms with van der Waals surface area (Å²) in [4.78, 5) is 2.22. The number of anilines is 1. The van der Waals surface area contributed by atoms with Gasteiger partial charge in [-0.25, -0.2) is 4.39 Å². The molecular weight excluding hydrogens is 263 g/mol. The number of hydrogen-bond donors (Lipinski definition) is 1. The van der Waals surface area contributed by atoms with Crippen LogP contribution in [0.4, 0.5) is 10.1 Å². The van der Waals surface area contributed by atoms with Crippen molar-refractivity contribution in [3.8, 4) is 11.8 Å². The van der Waals surface area contributed by atoms with Crippen LogP contribution in [-0.4, -0.2) is 13.1 Å². The molecule has 106 valence electrons. The number of benzene rings is 2. The molecule has 2 nitrogen and oxygen atoms in total. The minimum absolute atomic E-state index is 0.205. The number of fused-ring (bicyclic) bond motifs is 1. The molecule has 1 aliphatic heterocycles. The second-order valence-corrected chi connectivity index (χ2v) is 5.11. The molecule has 21 heavy (non-hydrogen) atoms. The monoisotopic (exact) mass is 280 g/mol. The molecule has 2 aromatic rings. The Morgan fingerprint density at radius 1 is 1.19 bits per heavy atom. The third-order valence-electron chi connectivity index (χ3n) is 3.73. The van der Waals surface area contributed by atoms with Crippen molar-refractivity contribution >= 4 is 5.69 Å². The van der Waals surface area contributed by atoms with Crippen LogP contribution in [0.15, 0.2) is 42.5 Å². The smallest absolute Gasteiger partial charge is 0.129 e. The van der Waals surface area contributed by atoms with Gasteiger partial charge in [-0.2, -0.15) is 0 Å². The van der Waals surface area contributed by atoms with E-state index in [0.717, 1.165) is 13.0 Å². The van der Waals surface area contributed by atoms with Crippen LogP contribution >= 0.6 is 0 Å². The maximum absolute atomic E-state index is 14.2. The Bertz CT molecular complexity index is 713. The number of para-hydroxylation sites is 1. The van der Waals surface area contributed by atoms with E-state index >= 15 is 0 Å². The van der Waals surface area contributed by atoms with Crippen molar-refractivity contribution in [1.82, 2.24) is 0 Å². The van der Waals surface area contributed by atoms with E-state index in [0.29, 0.717) is 17.7 Å². The maximum Gasteiger partial charge on any atom is 0.129 e. The van der Waals surface area contributed by atoms with Crippen LogP contribution in [0.5, 0.6) is 0 Å². The SMILES string of the molecule is NCC#Cc1ccc(CN2CCc3ccccc32)c(F)c1. The molecule has 0 spiro atoms. The number of nitrogens with two attached hydrogens (primary N) is 1. The largest absolute Gasteiger partial charge is 0.367 e. The Morgan fingerprint density at radius 3 is 2.86 bits per heavy atom. The van der Waals surface area contributed by atoms with E-state index in [1.54, 1.807) is 0 Å². The zero-order chi connectivity index (χ0) is 14.7. The molecule has 1 aliphatic rings. The third-order valence-corrected chi connectivity index (χ3v) is 3.73. The van der Waals surface area contributed by atoms with Crippen molar-refractivity contribution in [2.45, 2.75) is 13.0 Å². The van der Waals surface area contributed by atoms with Gasteiger partial charge >= 0.3 is 0 Å². The molecule has 0 unspecified atom stereocenters. The maximum atomic E-state index is 14.2. The average Bonchev–Trinajstić information content (AvgIpc) is 2.91. The second-order valence-electron chi connectivity index (χ2n) is 5.11. The average molecular weight is 280 g/mol. The summed E-state index contributed by atoms with van der Waals surface area (Å²) in [5.74, 6) is 5.39. The molecule has 2 N–H and O–H groups in total. The molecule has 0 atom stereocenters. The summed E-state index contributed by atoms with van der Waals surface area (Å²) in [5, 5.41) is 0. The quantitative estimate of drug-likeness (QED) is 0.857. The zero-order valence-electron chi connectivity index (χ0n) is 11.8. The fourth-order valence-electron chi connectivity index (χ4n) is 2.68. The van der Waals surface area contributed by atoms with E-state index in [1.807, 2.05) is 24.3 Å². The summed E-state index contributed by atoms with van der Waals surface area (Å²) in [6, 6.07) is 13.5. The van der Waals surface area contributed by atoms with Crippen molar-refractivity contribution in [1.29, 1.82) is 0 Å². The van der Waals surface area contributed by atoms with Crippen LogP contribution < -0.4 is 10.6 Å². The first-order chi connectivity index (χ1) is 10.3. The van der Waals surface area contributed by atoms with E-state index < -0.39 is 0 Å². The van der Waals surface area contributed by atoms with Crippen LogP contribution in [0.25, 0.3) is 0 Å². The lowest BCUT2D eigenvalue weighted by molar-refractivity contribution is 0.605. The zero-order valence-corrected chi connectivity index (χ0v) is 11.8. The van der Waals surface area contributed by atoms with Gasteiger partial charge in [-0.3, -0.25) is 0 Å². The molecule has 0 radical (unpaired) electrons. The van der Waals surface area contributed by atoms with E-state index in [1.165, 1.54) is 17.3 Å². The number of rotatable bonds is 2. The first-order valence-electron chi connectivity index (χ1n) is 7.08. The van der Waals surface area contributed by atoms with Crippen molar-refractivity contribution in [3.63, 3.8) is 0 Å². The highest BCUT2D eigenvalue weighted by Crippen LogP contribution is 2.29. The van der Waals surface area contributed by atoms with Gasteiger partial charge in [0.2, 0.25) is 0 Å². The number of nitrogens with zero attached hydrogens (tertiary/aromatic N) is 1. The van der Waals surface area contributed by atoms with Crippen LogP contribution in [0.2, 0.25) is 0 Å². The lowest BCUT2D eigenvalue weighted by Crippen LogP contribution is -2.20. The summed E-state index contributed by atoms with van der Waals surface area (Å²) < 4.78 is 14.2. The molecule has 0 aliphatic carbocycles. The van der Waals surface area contributed by atoms with Crippen molar-refractivity contribution in [3.05, 3.63) is 65.0 Å². The van der Waals surface area contributed by atoms with Crippen molar-refractivity contribution < 1.29 is 4.39 Å². The molecule has 0 amide bonds. The Morgan fingerprint density at radius 2 is 2.05 bits per heavy atom. The minimum Gasteiger partial charge on any atom is -0.367 e. The predicted molar refractivity (Wildman–Crippen MR) is 83.5 cm³/mol. The molecule has 0 aromatic heterocycles. The Hall–Kier alpha value is -2.31. The summed E-state index contributed by atoms with van der Waals surface area (Å²) >= 11 is 0. The molecule has 3 heteroatoms. The van der Waals surface area contributed by atoms with Crippen LogP contribution in [0.1, 0.15) is 16.7 Å². The highest BCUT2D eigenvalue weighted by molar-refractivity contribution is 5.58. The van der Waals surface area contributed by atoms with Crippen molar-refractivity contribution in [2.75, 3.05) is 18.0 Å². The van der Waals surface area contributed by atoms with E-state index in [2.05, 4.69) is 28.9 Å². The van der Waals surface area contributed by atoms with Crippen LogP contribution in [-0.2, 0) is 13.0 Å². The first kappa shape index (κ1) is 13.7.